The lowest BCUT2D eigenvalue weighted by atomic mass is 10.2. The van der Waals surface area contributed by atoms with Crippen molar-refractivity contribution in [2.75, 3.05) is 0 Å². The highest BCUT2D eigenvalue weighted by Gasteiger charge is 2.15. The summed E-state index contributed by atoms with van der Waals surface area (Å²) in [7, 11) is 0. The zero-order valence-corrected chi connectivity index (χ0v) is 9.28. The van der Waals surface area contributed by atoms with Crippen molar-refractivity contribution in [1.29, 1.82) is 0 Å². The zero-order valence-electron chi connectivity index (χ0n) is 9.28. The average molecular weight is 243 g/mol. The smallest absolute Gasteiger partial charge is 0.323 e. The van der Waals surface area contributed by atoms with Gasteiger partial charge in [0, 0.05) is 10.9 Å². The quantitative estimate of drug-likeness (QED) is 0.758. The molecule has 18 heavy (non-hydrogen) atoms. The molecular weight excluding hydrogens is 234 g/mol. The molecule has 0 fully saturated rings. The topological polar surface area (TPSA) is 81.1 Å². The summed E-state index contributed by atoms with van der Waals surface area (Å²) in [4.78, 5) is 10.9. The molecule has 90 valence electrons. The molecule has 1 N–H and O–H groups in total. The predicted molar refractivity (Wildman–Crippen MR) is 62.9 cm³/mol. The molecule has 0 saturated carbocycles. The molecule has 2 aromatic heterocycles. The number of hydrogen-bond donors (Lipinski definition) is 1. The van der Waals surface area contributed by atoms with Crippen molar-refractivity contribution >= 4 is 16.9 Å². The molecule has 0 atom stereocenters. The van der Waals surface area contributed by atoms with Crippen LogP contribution in [0.2, 0.25) is 0 Å². The summed E-state index contributed by atoms with van der Waals surface area (Å²) in [5.41, 5.74) is 1.43. The highest BCUT2D eigenvalue weighted by molar-refractivity contribution is 5.87. The summed E-state index contributed by atoms with van der Waals surface area (Å²) >= 11 is 0. The Morgan fingerprint density at radius 3 is 2.94 bits per heavy atom. The predicted octanol–water partition coefficient (Wildman–Crippen LogP) is 1.78. The third-order valence-electron chi connectivity index (χ3n) is 2.68. The van der Waals surface area contributed by atoms with E-state index in [0.29, 0.717) is 11.6 Å². The van der Waals surface area contributed by atoms with Gasteiger partial charge in [-0.15, -0.1) is 10.2 Å². The number of carboxylic acids is 1. The third-order valence-corrected chi connectivity index (χ3v) is 2.68. The normalized spacial score (nSPS) is 10.9. The molecular formula is C12H9N3O3. The molecule has 0 bridgehead atoms. The zero-order chi connectivity index (χ0) is 12.5. The van der Waals surface area contributed by atoms with Gasteiger partial charge in [-0.05, 0) is 12.1 Å². The van der Waals surface area contributed by atoms with Crippen LogP contribution in [0.1, 0.15) is 0 Å². The Morgan fingerprint density at radius 2 is 2.22 bits per heavy atom. The van der Waals surface area contributed by atoms with E-state index in [1.54, 1.807) is 4.57 Å². The fourth-order valence-corrected chi connectivity index (χ4v) is 1.98. The molecule has 0 aliphatic carbocycles. The Labute approximate surface area is 101 Å². The standard InChI is InChI=1S/C12H9N3O3/c16-11(17)6-15-9-4-2-1-3-8(9)5-10(15)12-14-13-7-18-12/h1-5,7H,6H2,(H,16,17). The van der Waals surface area contributed by atoms with Crippen LogP contribution in [0.3, 0.4) is 0 Å². The van der Waals surface area contributed by atoms with Crippen LogP contribution in [0.15, 0.2) is 41.1 Å². The Bertz CT molecular complexity index is 701. The summed E-state index contributed by atoms with van der Waals surface area (Å²) in [6.07, 6.45) is 1.22. The van der Waals surface area contributed by atoms with E-state index in [2.05, 4.69) is 10.2 Å². The first-order valence-electron chi connectivity index (χ1n) is 5.32. The fourth-order valence-electron chi connectivity index (χ4n) is 1.98. The van der Waals surface area contributed by atoms with E-state index < -0.39 is 5.97 Å². The molecule has 0 amide bonds. The lowest BCUT2D eigenvalue weighted by Crippen LogP contribution is -2.09. The second-order valence-corrected chi connectivity index (χ2v) is 3.81. The Morgan fingerprint density at radius 1 is 1.39 bits per heavy atom. The minimum atomic E-state index is -0.919. The van der Waals surface area contributed by atoms with Crippen LogP contribution in [0.25, 0.3) is 22.5 Å². The summed E-state index contributed by atoms with van der Waals surface area (Å²) in [6.45, 7) is -0.148. The number of fused-ring (bicyclic) bond motifs is 1. The highest BCUT2D eigenvalue weighted by Crippen LogP contribution is 2.26. The van der Waals surface area contributed by atoms with Crippen molar-refractivity contribution in [3.8, 4) is 11.6 Å². The van der Waals surface area contributed by atoms with E-state index in [1.165, 1.54) is 6.39 Å². The van der Waals surface area contributed by atoms with Gasteiger partial charge in [-0.2, -0.15) is 0 Å². The number of benzene rings is 1. The summed E-state index contributed by atoms with van der Waals surface area (Å²) in [5.74, 6) is -0.607. The van der Waals surface area contributed by atoms with E-state index in [0.717, 1.165) is 10.9 Å². The number of hydrogen-bond acceptors (Lipinski definition) is 4. The third kappa shape index (κ3) is 1.64. The van der Waals surface area contributed by atoms with Gasteiger partial charge in [0.25, 0.3) is 5.89 Å². The second kappa shape index (κ2) is 3.99. The van der Waals surface area contributed by atoms with Crippen LogP contribution in [0, 0.1) is 0 Å². The van der Waals surface area contributed by atoms with E-state index in [-0.39, 0.29) is 6.54 Å². The van der Waals surface area contributed by atoms with Gasteiger partial charge in [0.05, 0.1) is 0 Å². The van der Waals surface area contributed by atoms with Gasteiger partial charge in [-0.3, -0.25) is 4.79 Å². The molecule has 6 nitrogen and oxygen atoms in total. The van der Waals surface area contributed by atoms with Gasteiger partial charge in [-0.1, -0.05) is 18.2 Å². The number of carboxylic acid groups (broad SMARTS) is 1. The van der Waals surface area contributed by atoms with Crippen molar-refractivity contribution in [3.05, 3.63) is 36.7 Å². The molecule has 0 saturated heterocycles. The number of carbonyl (C=O) groups is 1. The molecule has 3 rings (SSSR count). The lowest BCUT2D eigenvalue weighted by molar-refractivity contribution is -0.137. The summed E-state index contributed by atoms with van der Waals surface area (Å²) in [6, 6.07) is 9.36. The summed E-state index contributed by atoms with van der Waals surface area (Å²) < 4.78 is 6.78. The monoisotopic (exact) mass is 243 g/mol. The van der Waals surface area contributed by atoms with Crippen LogP contribution in [0.5, 0.6) is 0 Å². The van der Waals surface area contributed by atoms with E-state index in [9.17, 15) is 4.79 Å². The Balaban J connectivity index is 2.26. The molecule has 0 aliphatic heterocycles. The molecule has 0 aliphatic rings. The van der Waals surface area contributed by atoms with Gasteiger partial charge in [0.2, 0.25) is 6.39 Å². The molecule has 3 aromatic rings. The van der Waals surface area contributed by atoms with Crippen LogP contribution in [-0.4, -0.2) is 25.8 Å². The number of rotatable bonds is 3. The van der Waals surface area contributed by atoms with Gasteiger partial charge >= 0.3 is 5.97 Å². The first-order valence-corrected chi connectivity index (χ1v) is 5.32. The Hall–Kier alpha value is -2.63. The van der Waals surface area contributed by atoms with Crippen molar-refractivity contribution < 1.29 is 14.3 Å². The molecule has 1 aromatic carbocycles. The van der Waals surface area contributed by atoms with Crippen LogP contribution in [-0.2, 0) is 11.3 Å². The summed E-state index contributed by atoms with van der Waals surface area (Å²) in [5, 5.41) is 17.3. The van der Waals surface area contributed by atoms with Crippen molar-refractivity contribution in [3.63, 3.8) is 0 Å². The van der Waals surface area contributed by atoms with E-state index in [4.69, 9.17) is 9.52 Å². The average Bonchev–Trinajstić information content (AvgIpc) is 2.96. The van der Waals surface area contributed by atoms with E-state index >= 15 is 0 Å². The first kappa shape index (κ1) is 10.5. The molecule has 0 radical (unpaired) electrons. The number of aliphatic carboxylic acids is 1. The van der Waals surface area contributed by atoms with Gasteiger partial charge < -0.3 is 14.1 Å². The first-order chi connectivity index (χ1) is 8.75. The highest BCUT2D eigenvalue weighted by atomic mass is 16.4. The Kier molecular flexibility index (Phi) is 2.33. The molecule has 6 heteroatoms. The molecule has 0 unspecified atom stereocenters. The number of para-hydroxylation sites is 1. The lowest BCUT2D eigenvalue weighted by Gasteiger charge is -2.04. The maximum atomic E-state index is 10.9. The second-order valence-electron chi connectivity index (χ2n) is 3.81. The van der Waals surface area contributed by atoms with Gasteiger partial charge in [-0.25, -0.2) is 0 Å². The fraction of sp³-hybridized carbons (Fsp3) is 0.0833. The maximum Gasteiger partial charge on any atom is 0.323 e. The minimum absolute atomic E-state index is 0.148. The van der Waals surface area contributed by atoms with Crippen LogP contribution in [0.4, 0.5) is 0 Å². The number of nitrogens with zero attached hydrogens (tertiary/aromatic N) is 3. The van der Waals surface area contributed by atoms with Crippen molar-refractivity contribution in [2.45, 2.75) is 6.54 Å². The molecule has 2 heterocycles. The molecule has 0 spiro atoms. The van der Waals surface area contributed by atoms with Crippen molar-refractivity contribution in [2.24, 2.45) is 0 Å². The van der Waals surface area contributed by atoms with Crippen LogP contribution >= 0.6 is 0 Å². The van der Waals surface area contributed by atoms with Gasteiger partial charge in [0.15, 0.2) is 0 Å². The largest absolute Gasteiger partial charge is 0.480 e. The van der Waals surface area contributed by atoms with Crippen molar-refractivity contribution in [1.82, 2.24) is 14.8 Å². The maximum absolute atomic E-state index is 10.9. The minimum Gasteiger partial charge on any atom is -0.480 e. The SMILES string of the molecule is O=C(O)Cn1c(-c2nnco2)cc2ccccc21. The van der Waals surface area contributed by atoms with Crippen LogP contribution < -0.4 is 0 Å². The van der Waals surface area contributed by atoms with E-state index in [1.807, 2.05) is 30.3 Å². The number of aromatic nitrogens is 3. The van der Waals surface area contributed by atoms with Gasteiger partial charge in [0.1, 0.15) is 12.2 Å².